The van der Waals surface area contributed by atoms with Gasteiger partial charge in [-0.1, -0.05) is 24.3 Å². The molecule has 88 valence electrons. The van der Waals surface area contributed by atoms with Crippen LogP contribution in [0.15, 0.2) is 24.3 Å². The number of nitrogens with two attached hydrogens (primary N) is 1. The third-order valence-corrected chi connectivity index (χ3v) is 2.39. The molecule has 0 atom stereocenters. The molecule has 2 amide bonds. The summed E-state index contributed by atoms with van der Waals surface area (Å²) >= 11 is 0. The van der Waals surface area contributed by atoms with Gasteiger partial charge >= 0.3 is 6.03 Å². The van der Waals surface area contributed by atoms with Crippen molar-refractivity contribution in [3.05, 3.63) is 35.4 Å². The summed E-state index contributed by atoms with van der Waals surface area (Å²) in [5, 5.41) is 0. The minimum atomic E-state index is 0.00269. The van der Waals surface area contributed by atoms with Crippen LogP contribution >= 0.6 is 0 Å². The predicted molar refractivity (Wildman–Crippen MR) is 64.9 cm³/mol. The van der Waals surface area contributed by atoms with Crippen molar-refractivity contribution in [3.8, 4) is 0 Å². The molecule has 0 radical (unpaired) electrons. The average Bonchev–Trinajstić information content (AvgIpc) is 2.28. The SMILES string of the molecule is CN(C)C(=O)N(C)Cc1ccc(CN)cc1. The highest BCUT2D eigenvalue weighted by Gasteiger charge is 2.10. The molecular formula is C12H19N3O. The molecule has 0 bridgehead atoms. The van der Waals surface area contributed by atoms with Crippen molar-refractivity contribution < 1.29 is 4.79 Å². The average molecular weight is 221 g/mol. The van der Waals surface area contributed by atoms with Crippen LogP contribution in [0.3, 0.4) is 0 Å². The normalized spacial score (nSPS) is 10.0. The van der Waals surface area contributed by atoms with Gasteiger partial charge in [-0.3, -0.25) is 0 Å². The lowest BCUT2D eigenvalue weighted by molar-refractivity contribution is 0.180. The van der Waals surface area contributed by atoms with Crippen LogP contribution in [0, 0.1) is 0 Å². The van der Waals surface area contributed by atoms with Crippen LogP contribution in [-0.2, 0) is 13.1 Å². The Morgan fingerprint density at radius 2 is 1.62 bits per heavy atom. The smallest absolute Gasteiger partial charge is 0.319 e. The molecule has 1 rings (SSSR count). The molecule has 1 aromatic rings. The third kappa shape index (κ3) is 3.24. The summed E-state index contributed by atoms with van der Waals surface area (Å²) in [6.07, 6.45) is 0. The van der Waals surface area contributed by atoms with Gasteiger partial charge in [0.2, 0.25) is 0 Å². The van der Waals surface area contributed by atoms with Gasteiger partial charge in [0.25, 0.3) is 0 Å². The van der Waals surface area contributed by atoms with E-state index >= 15 is 0 Å². The van der Waals surface area contributed by atoms with E-state index in [9.17, 15) is 4.79 Å². The highest BCUT2D eigenvalue weighted by atomic mass is 16.2. The van der Waals surface area contributed by atoms with E-state index in [2.05, 4.69) is 0 Å². The Morgan fingerprint density at radius 1 is 1.12 bits per heavy atom. The van der Waals surface area contributed by atoms with Crippen molar-refractivity contribution in [1.29, 1.82) is 0 Å². The summed E-state index contributed by atoms with van der Waals surface area (Å²) in [5.41, 5.74) is 7.73. The summed E-state index contributed by atoms with van der Waals surface area (Å²) in [7, 11) is 5.28. The van der Waals surface area contributed by atoms with Gasteiger partial charge in [-0.25, -0.2) is 4.79 Å². The molecule has 0 aliphatic carbocycles. The molecule has 0 aliphatic rings. The van der Waals surface area contributed by atoms with Crippen molar-refractivity contribution in [1.82, 2.24) is 9.80 Å². The lowest BCUT2D eigenvalue weighted by atomic mass is 10.1. The molecule has 0 aromatic heterocycles. The maximum Gasteiger partial charge on any atom is 0.319 e. The molecule has 0 heterocycles. The Kier molecular flexibility index (Phi) is 4.31. The summed E-state index contributed by atoms with van der Waals surface area (Å²) in [4.78, 5) is 14.8. The van der Waals surface area contributed by atoms with Crippen LogP contribution in [0.25, 0.3) is 0 Å². The van der Waals surface area contributed by atoms with E-state index in [1.807, 2.05) is 24.3 Å². The van der Waals surface area contributed by atoms with Crippen LogP contribution in [0.4, 0.5) is 4.79 Å². The van der Waals surface area contributed by atoms with E-state index in [0.717, 1.165) is 11.1 Å². The second-order valence-electron chi connectivity index (χ2n) is 4.05. The van der Waals surface area contributed by atoms with Gasteiger partial charge in [0.15, 0.2) is 0 Å². The standard InChI is InChI=1S/C12H19N3O/c1-14(2)12(16)15(3)9-11-6-4-10(8-13)5-7-11/h4-7H,8-9,13H2,1-3H3. The van der Waals surface area contributed by atoms with Gasteiger partial charge in [-0.05, 0) is 11.1 Å². The van der Waals surface area contributed by atoms with Crippen LogP contribution < -0.4 is 5.73 Å². The molecule has 0 saturated carbocycles. The molecule has 0 unspecified atom stereocenters. The van der Waals surface area contributed by atoms with E-state index in [-0.39, 0.29) is 6.03 Å². The summed E-state index contributed by atoms with van der Waals surface area (Å²) in [5.74, 6) is 0. The van der Waals surface area contributed by atoms with Crippen molar-refractivity contribution in [3.63, 3.8) is 0 Å². The number of carbonyl (C=O) groups excluding carboxylic acids is 1. The van der Waals surface area contributed by atoms with E-state index in [1.165, 1.54) is 0 Å². The summed E-state index contributed by atoms with van der Waals surface area (Å²) in [6.45, 7) is 1.16. The van der Waals surface area contributed by atoms with Crippen LogP contribution in [-0.4, -0.2) is 37.0 Å². The van der Waals surface area contributed by atoms with E-state index < -0.39 is 0 Å². The van der Waals surface area contributed by atoms with Gasteiger partial charge < -0.3 is 15.5 Å². The van der Waals surface area contributed by atoms with Gasteiger partial charge in [0.1, 0.15) is 0 Å². The fourth-order valence-electron chi connectivity index (χ4n) is 1.46. The minimum absolute atomic E-state index is 0.00269. The van der Waals surface area contributed by atoms with Crippen LogP contribution in [0.5, 0.6) is 0 Å². The molecule has 0 spiro atoms. The zero-order valence-electron chi connectivity index (χ0n) is 10.1. The van der Waals surface area contributed by atoms with E-state index in [0.29, 0.717) is 13.1 Å². The highest BCUT2D eigenvalue weighted by Crippen LogP contribution is 2.07. The lowest BCUT2D eigenvalue weighted by Crippen LogP contribution is -2.35. The number of urea groups is 1. The highest BCUT2D eigenvalue weighted by molar-refractivity contribution is 5.73. The monoisotopic (exact) mass is 221 g/mol. The van der Waals surface area contributed by atoms with Gasteiger partial charge in [-0.15, -0.1) is 0 Å². The van der Waals surface area contributed by atoms with Crippen molar-refractivity contribution >= 4 is 6.03 Å². The number of hydrogen-bond acceptors (Lipinski definition) is 2. The number of amides is 2. The number of hydrogen-bond donors (Lipinski definition) is 1. The number of benzene rings is 1. The fraction of sp³-hybridized carbons (Fsp3) is 0.417. The molecule has 4 heteroatoms. The van der Waals surface area contributed by atoms with Crippen LogP contribution in [0.2, 0.25) is 0 Å². The topological polar surface area (TPSA) is 49.6 Å². The molecule has 0 fully saturated rings. The second-order valence-corrected chi connectivity index (χ2v) is 4.05. The Balaban J connectivity index is 2.62. The van der Waals surface area contributed by atoms with E-state index in [4.69, 9.17) is 5.73 Å². The molecule has 4 nitrogen and oxygen atoms in total. The molecular weight excluding hydrogens is 202 g/mol. The first kappa shape index (κ1) is 12.5. The summed E-state index contributed by atoms with van der Waals surface area (Å²) in [6, 6.07) is 7.98. The number of rotatable bonds is 3. The lowest BCUT2D eigenvalue weighted by Gasteiger charge is -2.21. The molecule has 2 N–H and O–H groups in total. The number of carbonyl (C=O) groups is 1. The predicted octanol–water partition coefficient (Wildman–Crippen LogP) is 1.26. The molecule has 0 saturated heterocycles. The third-order valence-electron chi connectivity index (χ3n) is 2.39. The minimum Gasteiger partial charge on any atom is -0.331 e. The van der Waals surface area contributed by atoms with Gasteiger partial charge in [0, 0.05) is 34.2 Å². The zero-order chi connectivity index (χ0) is 12.1. The molecule has 1 aromatic carbocycles. The van der Waals surface area contributed by atoms with Crippen molar-refractivity contribution in [2.75, 3.05) is 21.1 Å². The van der Waals surface area contributed by atoms with E-state index in [1.54, 1.807) is 30.9 Å². The first-order valence-electron chi connectivity index (χ1n) is 5.25. The fourth-order valence-corrected chi connectivity index (χ4v) is 1.46. The number of nitrogens with zero attached hydrogens (tertiary/aromatic N) is 2. The zero-order valence-corrected chi connectivity index (χ0v) is 10.1. The van der Waals surface area contributed by atoms with Gasteiger partial charge in [0.05, 0.1) is 0 Å². The molecule has 0 aliphatic heterocycles. The Morgan fingerprint density at radius 3 is 2.06 bits per heavy atom. The largest absolute Gasteiger partial charge is 0.331 e. The summed E-state index contributed by atoms with van der Waals surface area (Å²) < 4.78 is 0. The Hall–Kier alpha value is -1.55. The Bertz CT molecular complexity index is 346. The quantitative estimate of drug-likeness (QED) is 0.835. The van der Waals surface area contributed by atoms with Crippen molar-refractivity contribution in [2.45, 2.75) is 13.1 Å². The molecule has 16 heavy (non-hydrogen) atoms. The first-order valence-corrected chi connectivity index (χ1v) is 5.25. The van der Waals surface area contributed by atoms with Gasteiger partial charge in [-0.2, -0.15) is 0 Å². The maximum absolute atomic E-state index is 11.6. The Labute approximate surface area is 96.6 Å². The maximum atomic E-state index is 11.6. The first-order chi connectivity index (χ1) is 7.54. The second kappa shape index (κ2) is 5.51. The van der Waals surface area contributed by atoms with Crippen molar-refractivity contribution in [2.24, 2.45) is 5.73 Å². The van der Waals surface area contributed by atoms with Crippen LogP contribution in [0.1, 0.15) is 11.1 Å².